The minimum absolute atomic E-state index is 0.243. The van der Waals surface area contributed by atoms with Crippen LogP contribution in [0, 0.1) is 6.92 Å². The Morgan fingerprint density at radius 2 is 1.74 bits per heavy atom. The molecule has 6 nitrogen and oxygen atoms in total. The van der Waals surface area contributed by atoms with Crippen LogP contribution in [0.3, 0.4) is 0 Å². The van der Waals surface area contributed by atoms with Crippen molar-refractivity contribution in [3.05, 3.63) is 72.3 Å². The lowest BCUT2D eigenvalue weighted by Crippen LogP contribution is -2.36. The van der Waals surface area contributed by atoms with Gasteiger partial charge in [0.05, 0.1) is 4.90 Å². The van der Waals surface area contributed by atoms with Gasteiger partial charge in [-0.15, -0.1) is 0 Å². The molecule has 0 aliphatic carbocycles. The number of aromatic nitrogens is 1. The van der Waals surface area contributed by atoms with Crippen molar-refractivity contribution >= 4 is 10.0 Å². The Bertz CT molecular complexity index is 967. The third-order valence-electron chi connectivity index (χ3n) is 4.28. The van der Waals surface area contributed by atoms with Gasteiger partial charge in [0.15, 0.2) is 5.89 Å². The second-order valence-electron chi connectivity index (χ2n) is 6.20. The molecule has 0 unspecified atom stereocenters. The molecule has 3 rings (SSSR count). The van der Waals surface area contributed by atoms with Gasteiger partial charge in [0.1, 0.15) is 12.0 Å². The van der Waals surface area contributed by atoms with Crippen molar-refractivity contribution in [3.63, 3.8) is 0 Å². The van der Waals surface area contributed by atoms with E-state index in [0.29, 0.717) is 24.6 Å². The van der Waals surface area contributed by atoms with Gasteiger partial charge in [0, 0.05) is 32.1 Å². The van der Waals surface area contributed by atoms with Crippen molar-refractivity contribution in [2.45, 2.75) is 18.2 Å². The Balaban J connectivity index is 1.79. The minimum Gasteiger partial charge on any atom is -0.449 e. The Morgan fingerprint density at radius 1 is 1.04 bits per heavy atom. The quantitative estimate of drug-likeness (QED) is 0.644. The largest absolute Gasteiger partial charge is 0.449 e. The molecule has 0 aliphatic heterocycles. The first-order chi connectivity index (χ1) is 13.0. The lowest BCUT2D eigenvalue weighted by Gasteiger charge is -2.21. The van der Waals surface area contributed by atoms with Gasteiger partial charge < -0.3 is 10.2 Å². The van der Waals surface area contributed by atoms with E-state index in [1.807, 2.05) is 30.3 Å². The molecule has 0 aliphatic rings. The van der Waals surface area contributed by atoms with E-state index >= 15 is 0 Å². The number of hydrogen-bond acceptors (Lipinski definition) is 5. The zero-order valence-electron chi connectivity index (χ0n) is 15.2. The average molecular weight is 385 g/mol. The van der Waals surface area contributed by atoms with Crippen LogP contribution in [0.15, 0.2) is 70.2 Å². The van der Waals surface area contributed by atoms with E-state index < -0.39 is 10.0 Å². The topological polar surface area (TPSA) is 89.4 Å². The van der Waals surface area contributed by atoms with Gasteiger partial charge >= 0.3 is 0 Å². The number of nitrogens with zero attached hydrogens (tertiary/aromatic N) is 2. The molecule has 0 fully saturated rings. The van der Waals surface area contributed by atoms with Crippen molar-refractivity contribution in [1.82, 2.24) is 9.29 Å². The fourth-order valence-corrected chi connectivity index (χ4v) is 4.29. The highest BCUT2D eigenvalue weighted by Crippen LogP contribution is 2.22. The summed E-state index contributed by atoms with van der Waals surface area (Å²) >= 11 is 0. The normalized spacial score (nSPS) is 11.8. The molecule has 0 spiro atoms. The molecule has 7 heteroatoms. The Labute approximate surface area is 159 Å². The van der Waals surface area contributed by atoms with Crippen molar-refractivity contribution in [2.75, 3.05) is 19.6 Å². The van der Waals surface area contributed by atoms with E-state index in [1.54, 1.807) is 37.5 Å². The first-order valence-corrected chi connectivity index (χ1v) is 10.2. The standard InChI is InChI=1S/C20H23N3O3S/c1-16-22-20(15-26-16)18-7-9-19(10-8-18)27(24,25)23(14-12-21)13-11-17-5-3-2-4-6-17/h2-10,15H,11-14,21H2,1H3. The van der Waals surface area contributed by atoms with E-state index in [9.17, 15) is 8.42 Å². The van der Waals surface area contributed by atoms with Crippen LogP contribution in [0.4, 0.5) is 0 Å². The number of oxazole rings is 1. The highest BCUT2D eigenvalue weighted by Gasteiger charge is 2.23. The lowest BCUT2D eigenvalue weighted by atomic mass is 10.1. The number of benzene rings is 2. The van der Waals surface area contributed by atoms with Crippen molar-refractivity contribution in [3.8, 4) is 11.3 Å². The Hall–Kier alpha value is -2.48. The van der Waals surface area contributed by atoms with Crippen LogP contribution >= 0.6 is 0 Å². The van der Waals surface area contributed by atoms with Crippen LogP contribution < -0.4 is 5.73 Å². The molecule has 1 heterocycles. The number of hydrogen-bond donors (Lipinski definition) is 1. The van der Waals surface area contributed by atoms with E-state index in [2.05, 4.69) is 4.98 Å². The van der Waals surface area contributed by atoms with E-state index in [4.69, 9.17) is 10.2 Å². The van der Waals surface area contributed by atoms with Gasteiger partial charge in [-0.2, -0.15) is 4.31 Å². The molecule has 0 radical (unpaired) electrons. The molecule has 0 bridgehead atoms. The smallest absolute Gasteiger partial charge is 0.243 e. The first-order valence-electron chi connectivity index (χ1n) is 8.77. The summed E-state index contributed by atoms with van der Waals surface area (Å²) in [5.74, 6) is 0.566. The summed E-state index contributed by atoms with van der Waals surface area (Å²) < 4.78 is 32.7. The minimum atomic E-state index is -3.62. The van der Waals surface area contributed by atoms with Gasteiger partial charge in [-0.3, -0.25) is 0 Å². The molecule has 0 saturated heterocycles. The molecule has 3 aromatic rings. The zero-order chi connectivity index (χ0) is 19.3. The maximum absolute atomic E-state index is 13.0. The summed E-state index contributed by atoms with van der Waals surface area (Å²) in [7, 11) is -3.62. The fraction of sp³-hybridized carbons (Fsp3) is 0.250. The highest BCUT2D eigenvalue weighted by molar-refractivity contribution is 7.89. The van der Waals surface area contributed by atoms with Crippen molar-refractivity contribution < 1.29 is 12.8 Å². The molecule has 1 aromatic heterocycles. The van der Waals surface area contributed by atoms with E-state index in [1.165, 1.54) is 4.31 Å². The van der Waals surface area contributed by atoms with E-state index in [0.717, 1.165) is 11.1 Å². The number of aryl methyl sites for hydroxylation is 1. The monoisotopic (exact) mass is 385 g/mol. The first kappa shape index (κ1) is 19.3. The second-order valence-corrected chi connectivity index (χ2v) is 8.14. The van der Waals surface area contributed by atoms with Crippen LogP contribution in [-0.2, 0) is 16.4 Å². The second kappa shape index (κ2) is 8.47. The summed E-state index contributed by atoms with van der Waals surface area (Å²) in [5.41, 5.74) is 8.23. The fourth-order valence-electron chi connectivity index (χ4n) is 2.84. The zero-order valence-corrected chi connectivity index (χ0v) is 16.0. The molecular formula is C20H23N3O3S. The highest BCUT2D eigenvalue weighted by atomic mass is 32.2. The van der Waals surface area contributed by atoms with Gasteiger partial charge in [-0.25, -0.2) is 13.4 Å². The number of sulfonamides is 1. The summed E-state index contributed by atoms with van der Waals surface area (Å²) in [6.45, 7) is 2.69. The third-order valence-corrected chi connectivity index (χ3v) is 6.19. The molecule has 0 atom stereocenters. The van der Waals surface area contributed by atoms with Crippen molar-refractivity contribution in [2.24, 2.45) is 5.73 Å². The van der Waals surface area contributed by atoms with E-state index in [-0.39, 0.29) is 18.0 Å². The summed E-state index contributed by atoms with van der Waals surface area (Å²) in [4.78, 5) is 4.50. The predicted molar refractivity (Wildman–Crippen MR) is 105 cm³/mol. The van der Waals surface area contributed by atoms with Crippen LogP contribution in [0.1, 0.15) is 11.5 Å². The molecule has 0 saturated carbocycles. The molecule has 2 N–H and O–H groups in total. The predicted octanol–water partition coefficient (Wildman–Crippen LogP) is 2.84. The maximum atomic E-state index is 13.0. The molecule has 0 amide bonds. The number of nitrogens with two attached hydrogens (primary N) is 1. The number of rotatable bonds is 8. The molecule has 27 heavy (non-hydrogen) atoms. The van der Waals surface area contributed by atoms with Crippen LogP contribution in [0.2, 0.25) is 0 Å². The van der Waals surface area contributed by atoms with Gasteiger partial charge in [0.25, 0.3) is 0 Å². The van der Waals surface area contributed by atoms with Crippen molar-refractivity contribution in [1.29, 1.82) is 0 Å². The molecular weight excluding hydrogens is 362 g/mol. The maximum Gasteiger partial charge on any atom is 0.243 e. The summed E-state index contributed by atoms with van der Waals surface area (Å²) in [6, 6.07) is 16.5. The Morgan fingerprint density at radius 3 is 2.33 bits per heavy atom. The summed E-state index contributed by atoms with van der Waals surface area (Å²) in [6.07, 6.45) is 2.19. The van der Waals surface area contributed by atoms with Gasteiger partial charge in [-0.05, 0) is 24.1 Å². The third kappa shape index (κ3) is 4.63. The van der Waals surface area contributed by atoms with Crippen LogP contribution in [-0.4, -0.2) is 37.3 Å². The lowest BCUT2D eigenvalue weighted by molar-refractivity contribution is 0.421. The summed E-state index contributed by atoms with van der Waals surface area (Å²) in [5, 5.41) is 0. The Kier molecular flexibility index (Phi) is 6.05. The SMILES string of the molecule is Cc1nc(-c2ccc(S(=O)(=O)N(CCN)CCc3ccccc3)cc2)co1. The molecule has 2 aromatic carbocycles. The van der Waals surface area contributed by atoms with Crippen LogP contribution in [0.5, 0.6) is 0 Å². The van der Waals surface area contributed by atoms with Crippen LogP contribution in [0.25, 0.3) is 11.3 Å². The average Bonchev–Trinajstić information content (AvgIpc) is 3.12. The van der Waals surface area contributed by atoms with Gasteiger partial charge in [0.2, 0.25) is 10.0 Å². The molecule has 142 valence electrons. The van der Waals surface area contributed by atoms with Gasteiger partial charge in [-0.1, -0.05) is 42.5 Å².